The van der Waals surface area contributed by atoms with Crippen molar-refractivity contribution >= 4 is 77.8 Å². The largest absolute Gasteiger partial charge is 0.310 e. The number of carbonyl (C=O) groups excluding carboxylic acids is 2. The average molecular weight is 616 g/mol. The predicted molar refractivity (Wildman–Crippen MR) is 199 cm³/mol. The van der Waals surface area contributed by atoms with Crippen LogP contribution in [0.15, 0.2) is 157 Å². The first-order valence-corrected chi connectivity index (χ1v) is 16.2. The minimum atomic E-state index is -0.214. The van der Waals surface area contributed by atoms with Gasteiger partial charge in [-0.15, -0.1) is 0 Å². The summed E-state index contributed by atoms with van der Waals surface area (Å²) in [6.45, 7) is 2.03. The minimum Gasteiger partial charge on any atom is -0.310 e. The first-order valence-electron chi connectivity index (χ1n) is 16.2. The van der Waals surface area contributed by atoms with Gasteiger partial charge in [-0.05, 0) is 116 Å². The Morgan fingerprint density at radius 2 is 0.854 bits per heavy atom. The molecular weight excluding hydrogens is 587 g/mol. The van der Waals surface area contributed by atoms with Crippen molar-refractivity contribution in [1.29, 1.82) is 0 Å². The Bertz CT molecular complexity index is 2600. The SMILES string of the molecule is Cc1ccc2cc3c(cc2c1)C(=O)/C(=C\c1ccc2cc(N(c4ccc5ccccc5c4)c4ccc5ccccc5c4)ccc2c1)C3=O. The summed E-state index contributed by atoms with van der Waals surface area (Å²) in [5.74, 6) is -0.426. The highest BCUT2D eigenvalue weighted by atomic mass is 16.2. The maximum atomic E-state index is 13.5. The number of rotatable bonds is 4. The van der Waals surface area contributed by atoms with Crippen LogP contribution in [0.2, 0.25) is 0 Å². The van der Waals surface area contributed by atoms with E-state index in [1.54, 1.807) is 6.08 Å². The molecule has 8 aromatic carbocycles. The maximum Gasteiger partial charge on any atom is 0.197 e. The first kappa shape index (κ1) is 27.9. The highest BCUT2D eigenvalue weighted by molar-refractivity contribution is 6.42. The lowest BCUT2D eigenvalue weighted by Gasteiger charge is -2.26. The zero-order valence-corrected chi connectivity index (χ0v) is 26.3. The van der Waals surface area contributed by atoms with Gasteiger partial charge in [0.1, 0.15) is 0 Å². The van der Waals surface area contributed by atoms with Gasteiger partial charge in [0.2, 0.25) is 0 Å². The number of Topliss-reactive ketones (excluding diaryl/α,β-unsaturated/α-hetero) is 2. The summed E-state index contributed by atoms with van der Waals surface area (Å²) >= 11 is 0. The summed E-state index contributed by atoms with van der Waals surface area (Å²) in [4.78, 5) is 29.2. The van der Waals surface area contributed by atoms with Crippen molar-refractivity contribution in [3.05, 3.63) is 179 Å². The molecule has 0 spiro atoms. The van der Waals surface area contributed by atoms with Crippen LogP contribution < -0.4 is 4.90 Å². The lowest BCUT2D eigenvalue weighted by Crippen LogP contribution is -2.10. The number of benzene rings is 8. The smallest absolute Gasteiger partial charge is 0.197 e. The van der Waals surface area contributed by atoms with E-state index in [1.165, 1.54) is 21.5 Å². The number of aryl methyl sites for hydroxylation is 1. The van der Waals surface area contributed by atoms with Gasteiger partial charge in [0.25, 0.3) is 0 Å². The lowest BCUT2D eigenvalue weighted by atomic mass is 10.0. The van der Waals surface area contributed by atoms with E-state index in [4.69, 9.17) is 0 Å². The molecule has 9 rings (SSSR count). The number of allylic oxidation sites excluding steroid dienone is 1. The fraction of sp³-hybridized carbons (Fsp3) is 0.0222. The molecule has 0 saturated carbocycles. The van der Waals surface area contributed by atoms with Crippen LogP contribution in [-0.4, -0.2) is 11.6 Å². The van der Waals surface area contributed by atoms with E-state index in [-0.39, 0.29) is 17.1 Å². The number of carbonyl (C=O) groups is 2. The topological polar surface area (TPSA) is 37.4 Å². The third-order valence-corrected chi connectivity index (χ3v) is 9.51. The summed E-state index contributed by atoms with van der Waals surface area (Å²) in [6.07, 6.45) is 1.74. The first-order chi connectivity index (χ1) is 23.5. The van der Waals surface area contributed by atoms with Crippen molar-refractivity contribution in [2.24, 2.45) is 0 Å². The quantitative estimate of drug-likeness (QED) is 0.146. The fourth-order valence-corrected chi connectivity index (χ4v) is 7.04. The Kier molecular flexibility index (Phi) is 6.34. The van der Waals surface area contributed by atoms with Crippen molar-refractivity contribution in [3.63, 3.8) is 0 Å². The van der Waals surface area contributed by atoms with Gasteiger partial charge in [0.15, 0.2) is 11.6 Å². The monoisotopic (exact) mass is 615 g/mol. The molecule has 1 aliphatic carbocycles. The zero-order chi connectivity index (χ0) is 32.4. The molecule has 0 heterocycles. The van der Waals surface area contributed by atoms with Crippen LogP contribution >= 0.6 is 0 Å². The predicted octanol–water partition coefficient (Wildman–Crippen LogP) is 11.5. The van der Waals surface area contributed by atoms with Gasteiger partial charge >= 0.3 is 0 Å². The van der Waals surface area contributed by atoms with Gasteiger partial charge in [0.05, 0.1) is 5.57 Å². The summed E-state index contributed by atoms with van der Waals surface area (Å²) in [5.41, 5.74) is 6.31. The Morgan fingerprint density at radius 1 is 0.417 bits per heavy atom. The van der Waals surface area contributed by atoms with Gasteiger partial charge in [-0.1, -0.05) is 103 Å². The molecule has 0 saturated heterocycles. The normalized spacial score (nSPS) is 13.6. The molecule has 226 valence electrons. The number of hydrogen-bond donors (Lipinski definition) is 0. The van der Waals surface area contributed by atoms with Crippen LogP contribution in [0, 0.1) is 6.92 Å². The van der Waals surface area contributed by atoms with Gasteiger partial charge in [-0.25, -0.2) is 0 Å². The number of anilines is 3. The highest BCUT2D eigenvalue weighted by Crippen LogP contribution is 2.39. The third-order valence-electron chi connectivity index (χ3n) is 9.51. The second kappa shape index (κ2) is 10.9. The van der Waals surface area contributed by atoms with Crippen LogP contribution in [0.25, 0.3) is 49.2 Å². The van der Waals surface area contributed by atoms with E-state index in [1.807, 2.05) is 49.4 Å². The van der Waals surface area contributed by atoms with Crippen LogP contribution in [-0.2, 0) is 0 Å². The molecule has 8 aromatic rings. The molecule has 0 atom stereocenters. The van der Waals surface area contributed by atoms with Crippen molar-refractivity contribution < 1.29 is 9.59 Å². The second-order valence-electron chi connectivity index (χ2n) is 12.7. The molecule has 0 N–H and O–H groups in total. The van der Waals surface area contributed by atoms with Gasteiger partial charge in [-0.3, -0.25) is 9.59 Å². The molecule has 1 aliphatic rings. The van der Waals surface area contributed by atoms with E-state index < -0.39 is 0 Å². The van der Waals surface area contributed by atoms with E-state index in [0.717, 1.165) is 49.7 Å². The van der Waals surface area contributed by atoms with E-state index in [0.29, 0.717) is 11.1 Å². The molecule has 48 heavy (non-hydrogen) atoms. The molecule has 0 radical (unpaired) electrons. The van der Waals surface area contributed by atoms with Gasteiger partial charge in [0, 0.05) is 28.2 Å². The summed E-state index contributed by atoms with van der Waals surface area (Å²) in [5, 5.41) is 8.79. The molecule has 3 heteroatoms. The zero-order valence-electron chi connectivity index (χ0n) is 26.3. The highest BCUT2D eigenvalue weighted by Gasteiger charge is 2.33. The number of nitrogens with zero attached hydrogens (tertiary/aromatic N) is 1. The van der Waals surface area contributed by atoms with Crippen LogP contribution in [0.3, 0.4) is 0 Å². The molecule has 0 aliphatic heterocycles. The van der Waals surface area contributed by atoms with E-state index in [2.05, 4.69) is 114 Å². The molecule has 0 bridgehead atoms. The standard InChI is InChI=1S/C45H29NO2/c1-28-10-12-36-26-41-42(27-37(36)20-28)45(48)43(44(41)47)22-29-11-13-35-25-40(19-16-34(35)21-29)46(38-17-14-30-6-2-4-8-32(30)23-38)39-18-15-31-7-3-5-9-33(31)24-39/h2-27H,1H3/b43-22-. The average Bonchev–Trinajstić information content (AvgIpc) is 3.34. The molecular formula is C45H29NO2. The number of fused-ring (bicyclic) bond motifs is 5. The summed E-state index contributed by atoms with van der Waals surface area (Å²) in [7, 11) is 0. The van der Waals surface area contributed by atoms with Crippen LogP contribution in [0.1, 0.15) is 31.8 Å². The molecule has 3 nitrogen and oxygen atoms in total. The number of ketones is 2. The maximum absolute atomic E-state index is 13.5. The van der Waals surface area contributed by atoms with Gasteiger partial charge in [-0.2, -0.15) is 0 Å². The van der Waals surface area contributed by atoms with E-state index in [9.17, 15) is 9.59 Å². The summed E-state index contributed by atoms with van der Waals surface area (Å²) < 4.78 is 0. The van der Waals surface area contributed by atoms with Crippen molar-refractivity contribution in [1.82, 2.24) is 0 Å². The van der Waals surface area contributed by atoms with Crippen LogP contribution in [0.5, 0.6) is 0 Å². The van der Waals surface area contributed by atoms with E-state index >= 15 is 0 Å². The second-order valence-corrected chi connectivity index (χ2v) is 12.7. The number of hydrogen-bond acceptors (Lipinski definition) is 3. The lowest BCUT2D eigenvalue weighted by molar-refractivity contribution is 0.0990. The Hall–Kier alpha value is -6.32. The van der Waals surface area contributed by atoms with Crippen molar-refractivity contribution in [2.45, 2.75) is 6.92 Å². The van der Waals surface area contributed by atoms with Gasteiger partial charge < -0.3 is 4.90 Å². The Morgan fingerprint density at radius 3 is 1.46 bits per heavy atom. The van der Waals surface area contributed by atoms with Crippen LogP contribution in [0.4, 0.5) is 17.1 Å². The Balaban J connectivity index is 1.11. The van der Waals surface area contributed by atoms with Crippen molar-refractivity contribution in [2.75, 3.05) is 4.90 Å². The fourth-order valence-electron chi connectivity index (χ4n) is 7.04. The minimum absolute atomic E-state index is 0.213. The molecule has 0 aromatic heterocycles. The third kappa shape index (κ3) is 4.68. The molecule has 0 fully saturated rings. The summed E-state index contributed by atoms with van der Waals surface area (Å²) in [6, 6.07) is 52.4. The molecule has 0 unspecified atom stereocenters. The molecule has 0 amide bonds. The van der Waals surface area contributed by atoms with Crippen molar-refractivity contribution in [3.8, 4) is 0 Å². The Labute approximate surface area is 278 Å².